The standard InChI is InChI=1S/C15H23N3S/c1-2-3-10-17-15(19)18-11-5-4-8-14(18)13-7-6-9-16-12-13/h6-7,9,12,14H,2-5,8,10-11H2,1H3,(H,17,19). The highest BCUT2D eigenvalue weighted by atomic mass is 32.1. The third kappa shape index (κ3) is 3.90. The van der Waals surface area contributed by atoms with Crippen LogP contribution in [0.15, 0.2) is 24.5 Å². The van der Waals surface area contributed by atoms with Gasteiger partial charge in [-0.3, -0.25) is 4.98 Å². The van der Waals surface area contributed by atoms with E-state index >= 15 is 0 Å². The summed E-state index contributed by atoms with van der Waals surface area (Å²) >= 11 is 5.56. The Kier molecular flexibility index (Phi) is 5.58. The van der Waals surface area contributed by atoms with E-state index in [0.717, 1.165) is 18.2 Å². The minimum atomic E-state index is 0.393. The summed E-state index contributed by atoms with van der Waals surface area (Å²) in [5.74, 6) is 0. The molecule has 0 spiro atoms. The maximum atomic E-state index is 5.56. The Bertz CT molecular complexity index is 394. The van der Waals surface area contributed by atoms with Gasteiger partial charge in [-0.25, -0.2) is 0 Å². The van der Waals surface area contributed by atoms with Crippen LogP contribution in [-0.4, -0.2) is 28.1 Å². The zero-order valence-electron chi connectivity index (χ0n) is 11.6. The van der Waals surface area contributed by atoms with Gasteiger partial charge in [0.1, 0.15) is 0 Å². The summed E-state index contributed by atoms with van der Waals surface area (Å²) in [6, 6.07) is 4.56. The van der Waals surface area contributed by atoms with Gasteiger partial charge >= 0.3 is 0 Å². The van der Waals surface area contributed by atoms with E-state index in [1.54, 1.807) is 0 Å². The Labute approximate surface area is 121 Å². The van der Waals surface area contributed by atoms with Crippen molar-refractivity contribution in [2.45, 2.75) is 45.1 Å². The minimum Gasteiger partial charge on any atom is -0.363 e. The molecule has 0 bridgehead atoms. The molecule has 1 N–H and O–H groups in total. The number of nitrogens with one attached hydrogen (secondary N) is 1. The van der Waals surface area contributed by atoms with Crippen LogP contribution >= 0.6 is 12.2 Å². The lowest BCUT2D eigenvalue weighted by Crippen LogP contribution is -2.44. The monoisotopic (exact) mass is 277 g/mol. The summed E-state index contributed by atoms with van der Waals surface area (Å²) in [5.41, 5.74) is 1.28. The predicted octanol–water partition coefficient (Wildman–Crippen LogP) is 3.28. The van der Waals surface area contributed by atoms with Gasteiger partial charge in [0.05, 0.1) is 6.04 Å². The van der Waals surface area contributed by atoms with Gasteiger partial charge in [0.25, 0.3) is 0 Å². The highest BCUT2D eigenvalue weighted by Crippen LogP contribution is 2.30. The topological polar surface area (TPSA) is 28.2 Å². The molecule has 1 atom stereocenters. The van der Waals surface area contributed by atoms with Crippen molar-refractivity contribution in [2.24, 2.45) is 0 Å². The molecule has 1 aromatic heterocycles. The molecule has 2 heterocycles. The second-order valence-corrected chi connectivity index (χ2v) is 5.46. The molecule has 0 radical (unpaired) electrons. The summed E-state index contributed by atoms with van der Waals surface area (Å²) in [5, 5.41) is 4.29. The fraction of sp³-hybridized carbons (Fsp3) is 0.600. The molecule has 0 aromatic carbocycles. The average molecular weight is 277 g/mol. The molecule has 1 fully saturated rings. The first-order valence-electron chi connectivity index (χ1n) is 7.27. The average Bonchev–Trinajstić information content (AvgIpc) is 2.48. The van der Waals surface area contributed by atoms with Crippen LogP contribution in [0.2, 0.25) is 0 Å². The molecule has 1 unspecified atom stereocenters. The number of unbranched alkanes of at least 4 members (excludes halogenated alkanes) is 1. The molecular weight excluding hydrogens is 254 g/mol. The fourth-order valence-electron chi connectivity index (χ4n) is 2.57. The quantitative estimate of drug-likeness (QED) is 0.675. The van der Waals surface area contributed by atoms with Gasteiger partial charge in [-0.15, -0.1) is 0 Å². The fourth-order valence-corrected chi connectivity index (χ4v) is 2.89. The van der Waals surface area contributed by atoms with E-state index < -0.39 is 0 Å². The van der Waals surface area contributed by atoms with Gasteiger partial charge in [0, 0.05) is 25.5 Å². The predicted molar refractivity (Wildman–Crippen MR) is 83.0 cm³/mol. The van der Waals surface area contributed by atoms with E-state index in [2.05, 4.69) is 28.2 Å². The van der Waals surface area contributed by atoms with E-state index in [1.807, 2.05) is 18.5 Å². The Morgan fingerprint density at radius 3 is 3.16 bits per heavy atom. The third-order valence-corrected chi connectivity index (χ3v) is 4.02. The largest absolute Gasteiger partial charge is 0.363 e. The SMILES string of the molecule is CCCCNC(=S)N1CCCCC1c1cccnc1. The first-order chi connectivity index (χ1) is 9.33. The van der Waals surface area contributed by atoms with Crippen molar-refractivity contribution in [1.82, 2.24) is 15.2 Å². The van der Waals surface area contributed by atoms with E-state index in [1.165, 1.54) is 37.7 Å². The van der Waals surface area contributed by atoms with Crippen molar-refractivity contribution < 1.29 is 0 Å². The Morgan fingerprint density at radius 2 is 2.42 bits per heavy atom. The molecule has 2 rings (SSSR count). The lowest BCUT2D eigenvalue weighted by Gasteiger charge is -2.37. The lowest BCUT2D eigenvalue weighted by molar-refractivity contribution is 0.242. The van der Waals surface area contributed by atoms with Gasteiger partial charge < -0.3 is 10.2 Å². The van der Waals surface area contributed by atoms with Crippen molar-refractivity contribution in [2.75, 3.05) is 13.1 Å². The first-order valence-corrected chi connectivity index (χ1v) is 7.68. The molecule has 0 amide bonds. The zero-order chi connectivity index (χ0) is 13.5. The minimum absolute atomic E-state index is 0.393. The third-order valence-electron chi connectivity index (χ3n) is 3.64. The molecule has 1 aliphatic heterocycles. The van der Waals surface area contributed by atoms with Gasteiger partial charge in [0.15, 0.2) is 5.11 Å². The number of piperidine rings is 1. The van der Waals surface area contributed by atoms with Gasteiger partial charge in [-0.1, -0.05) is 19.4 Å². The van der Waals surface area contributed by atoms with Crippen molar-refractivity contribution >= 4 is 17.3 Å². The van der Waals surface area contributed by atoms with Crippen LogP contribution in [0.5, 0.6) is 0 Å². The van der Waals surface area contributed by atoms with Gasteiger partial charge in [-0.05, 0) is 49.5 Å². The number of aromatic nitrogens is 1. The number of thiocarbonyl (C=S) groups is 1. The van der Waals surface area contributed by atoms with Crippen molar-refractivity contribution in [3.63, 3.8) is 0 Å². The molecule has 0 aliphatic carbocycles. The van der Waals surface area contributed by atoms with E-state index in [0.29, 0.717) is 6.04 Å². The Balaban J connectivity index is 2.01. The first kappa shape index (κ1) is 14.3. The Morgan fingerprint density at radius 1 is 1.53 bits per heavy atom. The number of pyridine rings is 1. The van der Waals surface area contributed by atoms with Crippen LogP contribution in [0.3, 0.4) is 0 Å². The maximum absolute atomic E-state index is 5.56. The molecule has 0 saturated carbocycles. The highest BCUT2D eigenvalue weighted by molar-refractivity contribution is 7.80. The molecule has 1 aromatic rings. The summed E-state index contributed by atoms with van der Waals surface area (Å²) in [7, 11) is 0. The number of hydrogen-bond donors (Lipinski definition) is 1. The van der Waals surface area contributed by atoms with Crippen LogP contribution in [0.25, 0.3) is 0 Å². The summed E-state index contributed by atoms with van der Waals surface area (Å²) in [6.45, 7) is 4.23. The summed E-state index contributed by atoms with van der Waals surface area (Å²) in [4.78, 5) is 6.58. The molecule has 4 heteroatoms. The molecule has 104 valence electrons. The zero-order valence-corrected chi connectivity index (χ0v) is 12.5. The van der Waals surface area contributed by atoms with Crippen LogP contribution in [0, 0.1) is 0 Å². The van der Waals surface area contributed by atoms with Gasteiger partial charge in [0.2, 0.25) is 0 Å². The number of likely N-dealkylation sites (tertiary alicyclic amines) is 1. The smallest absolute Gasteiger partial charge is 0.169 e. The number of hydrogen-bond acceptors (Lipinski definition) is 2. The van der Waals surface area contributed by atoms with E-state index in [-0.39, 0.29) is 0 Å². The lowest BCUT2D eigenvalue weighted by atomic mass is 9.97. The molecule has 1 aliphatic rings. The maximum Gasteiger partial charge on any atom is 0.169 e. The van der Waals surface area contributed by atoms with E-state index in [9.17, 15) is 0 Å². The highest BCUT2D eigenvalue weighted by Gasteiger charge is 2.25. The van der Waals surface area contributed by atoms with Crippen molar-refractivity contribution in [3.8, 4) is 0 Å². The number of rotatable bonds is 4. The molecular formula is C15H23N3S. The second kappa shape index (κ2) is 7.43. The summed E-state index contributed by atoms with van der Waals surface area (Å²) < 4.78 is 0. The van der Waals surface area contributed by atoms with Crippen LogP contribution < -0.4 is 5.32 Å². The molecule has 1 saturated heterocycles. The molecule has 3 nitrogen and oxygen atoms in total. The van der Waals surface area contributed by atoms with Crippen LogP contribution in [0.4, 0.5) is 0 Å². The van der Waals surface area contributed by atoms with Gasteiger partial charge in [-0.2, -0.15) is 0 Å². The van der Waals surface area contributed by atoms with E-state index in [4.69, 9.17) is 12.2 Å². The van der Waals surface area contributed by atoms with Crippen LogP contribution in [-0.2, 0) is 0 Å². The van der Waals surface area contributed by atoms with Crippen LogP contribution in [0.1, 0.15) is 50.6 Å². The van der Waals surface area contributed by atoms with Crippen molar-refractivity contribution in [3.05, 3.63) is 30.1 Å². The Hall–Kier alpha value is -1.16. The van der Waals surface area contributed by atoms with Crippen molar-refractivity contribution in [1.29, 1.82) is 0 Å². The second-order valence-electron chi connectivity index (χ2n) is 5.08. The summed E-state index contributed by atoms with van der Waals surface area (Å²) in [6.07, 6.45) is 9.83. The number of nitrogens with zero attached hydrogens (tertiary/aromatic N) is 2. The normalized spacial score (nSPS) is 19.2. The molecule has 19 heavy (non-hydrogen) atoms.